The smallest absolute Gasteiger partial charge is 0.227 e. The first-order chi connectivity index (χ1) is 13.1. The van der Waals surface area contributed by atoms with E-state index in [0.29, 0.717) is 23.2 Å². The van der Waals surface area contributed by atoms with E-state index in [1.807, 2.05) is 48.3 Å². The first kappa shape index (κ1) is 17.0. The Morgan fingerprint density at radius 3 is 2.67 bits per heavy atom. The number of nitrogens with zero attached hydrogens (tertiary/aromatic N) is 6. The van der Waals surface area contributed by atoms with Gasteiger partial charge in [0, 0.05) is 25.1 Å². The van der Waals surface area contributed by atoms with Crippen LogP contribution in [0.2, 0.25) is 5.02 Å². The van der Waals surface area contributed by atoms with E-state index in [1.165, 1.54) is 0 Å². The Kier molecular flexibility index (Phi) is 4.47. The maximum absolute atomic E-state index is 6.25. The molecule has 0 spiro atoms. The summed E-state index contributed by atoms with van der Waals surface area (Å²) in [6.45, 7) is 0.643. The van der Waals surface area contributed by atoms with Crippen LogP contribution >= 0.6 is 11.6 Å². The average molecular weight is 381 g/mol. The van der Waals surface area contributed by atoms with E-state index in [-0.39, 0.29) is 0 Å². The largest absolute Gasteiger partial charge is 0.399 e. The molecular formula is C18H17ClN8. The SMILES string of the molecule is Cn1nccc1-c1nc(Nc2cnn(Cc3ccc(N)cc3)c2)ncc1Cl. The van der Waals surface area contributed by atoms with Crippen molar-refractivity contribution >= 4 is 28.9 Å². The molecule has 136 valence electrons. The van der Waals surface area contributed by atoms with Crippen LogP contribution in [0.3, 0.4) is 0 Å². The van der Waals surface area contributed by atoms with E-state index in [2.05, 4.69) is 25.5 Å². The van der Waals surface area contributed by atoms with Crippen LogP contribution in [-0.4, -0.2) is 29.5 Å². The molecule has 3 N–H and O–H groups in total. The molecule has 8 nitrogen and oxygen atoms in total. The predicted molar refractivity (Wildman–Crippen MR) is 105 cm³/mol. The fourth-order valence-electron chi connectivity index (χ4n) is 2.67. The normalized spacial score (nSPS) is 10.9. The molecule has 9 heteroatoms. The van der Waals surface area contributed by atoms with Gasteiger partial charge in [0.05, 0.1) is 35.3 Å². The number of anilines is 3. The summed E-state index contributed by atoms with van der Waals surface area (Å²) in [6.07, 6.45) is 6.87. The monoisotopic (exact) mass is 380 g/mol. The van der Waals surface area contributed by atoms with E-state index in [0.717, 1.165) is 22.6 Å². The van der Waals surface area contributed by atoms with Gasteiger partial charge in [-0.25, -0.2) is 9.97 Å². The number of nitrogen functional groups attached to an aromatic ring is 1. The fraction of sp³-hybridized carbons (Fsp3) is 0.111. The van der Waals surface area contributed by atoms with Crippen LogP contribution in [-0.2, 0) is 13.6 Å². The van der Waals surface area contributed by atoms with E-state index in [9.17, 15) is 0 Å². The molecule has 3 heterocycles. The average Bonchev–Trinajstić information content (AvgIpc) is 3.27. The van der Waals surface area contributed by atoms with Crippen molar-refractivity contribution in [1.29, 1.82) is 0 Å². The molecule has 0 radical (unpaired) electrons. The zero-order chi connectivity index (χ0) is 18.8. The van der Waals surface area contributed by atoms with Crippen molar-refractivity contribution in [3.8, 4) is 11.4 Å². The van der Waals surface area contributed by atoms with Crippen molar-refractivity contribution in [2.24, 2.45) is 7.05 Å². The molecule has 4 rings (SSSR count). The summed E-state index contributed by atoms with van der Waals surface area (Å²) in [5, 5.41) is 12.1. The van der Waals surface area contributed by atoms with Crippen molar-refractivity contribution in [2.45, 2.75) is 6.54 Å². The van der Waals surface area contributed by atoms with E-state index < -0.39 is 0 Å². The summed E-state index contributed by atoms with van der Waals surface area (Å²) in [6, 6.07) is 9.56. The minimum atomic E-state index is 0.433. The van der Waals surface area contributed by atoms with Gasteiger partial charge < -0.3 is 11.1 Å². The Morgan fingerprint density at radius 1 is 1.11 bits per heavy atom. The molecule has 0 saturated heterocycles. The van der Waals surface area contributed by atoms with E-state index >= 15 is 0 Å². The van der Waals surface area contributed by atoms with Gasteiger partial charge in [-0.2, -0.15) is 10.2 Å². The molecule has 0 fully saturated rings. The molecule has 0 aliphatic heterocycles. The van der Waals surface area contributed by atoms with Crippen LogP contribution in [0, 0.1) is 0 Å². The van der Waals surface area contributed by atoms with E-state index in [4.69, 9.17) is 17.3 Å². The third-order valence-corrected chi connectivity index (χ3v) is 4.30. The Hall–Kier alpha value is -3.39. The molecule has 0 aliphatic rings. The number of hydrogen-bond acceptors (Lipinski definition) is 6. The first-order valence-corrected chi connectivity index (χ1v) is 8.61. The maximum Gasteiger partial charge on any atom is 0.227 e. The van der Waals surface area contributed by atoms with Crippen LogP contribution in [0.1, 0.15) is 5.56 Å². The van der Waals surface area contributed by atoms with Gasteiger partial charge >= 0.3 is 0 Å². The second-order valence-electron chi connectivity index (χ2n) is 6.02. The van der Waals surface area contributed by atoms with Gasteiger partial charge in [-0.05, 0) is 23.8 Å². The quantitative estimate of drug-likeness (QED) is 0.516. The van der Waals surface area contributed by atoms with Gasteiger partial charge in [0.1, 0.15) is 5.69 Å². The lowest BCUT2D eigenvalue weighted by atomic mass is 10.2. The number of nitrogens with two attached hydrogens (primary N) is 1. The van der Waals surface area contributed by atoms with Crippen molar-refractivity contribution in [3.63, 3.8) is 0 Å². The summed E-state index contributed by atoms with van der Waals surface area (Å²) in [5.74, 6) is 0.433. The maximum atomic E-state index is 6.25. The predicted octanol–water partition coefficient (Wildman–Crippen LogP) is 3.10. The van der Waals surface area contributed by atoms with Gasteiger partial charge in [0.2, 0.25) is 5.95 Å². The van der Waals surface area contributed by atoms with Crippen molar-refractivity contribution in [3.05, 3.63) is 65.7 Å². The number of aryl methyl sites for hydroxylation is 1. The summed E-state index contributed by atoms with van der Waals surface area (Å²) in [7, 11) is 1.84. The third-order valence-electron chi connectivity index (χ3n) is 4.02. The zero-order valence-electron chi connectivity index (χ0n) is 14.5. The van der Waals surface area contributed by atoms with Crippen LogP contribution in [0.15, 0.2) is 55.1 Å². The van der Waals surface area contributed by atoms with Crippen LogP contribution < -0.4 is 11.1 Å². The Morgan fingerprint density at radius 2 is 1.93 bits per heavy atom. The Bertz CT molecular complexity index is 1070. The fourth-order valence-corrected chi connectivity index (χ4v) is 2.85. The molecule has 0 aliphatic carbocycles. The molecule has 4 aromatic rings. The second-order valence-corrected chi connectivity index (χ2v) is 6.43. The molecule has 0 bridgehead atoms. The number of aromatic nitrogens is 6. The molecule has 0 amide bonds. The summed E-state index contributed by atoms with van der Waals surface area (Å²) < 4.78 is 3.54. The third kappa shape index (κ3) is 3.75. The van der Waals surface area contributed by atoms with Crippen LogP contribution in [0.5, 0.6) is 0 Å². The highest BCUT2D eigenvalue weighted by molar-refractivity contribution is 6.32. The topological polar surface area (TPSA) is 99.5 Å². The highest BCUT2D eigenvalue weighted by Crippen LogP contribution is 2.26. The lowest BCUT2D eigenvalue weighted by Gasteiger charge is -2.07. The number of hydrogen-bond donors (Lipinski definition) is 2. The first-order valence-electron chi connectivity index (χ1n) is 8.23. The number of benzene rings is 1. The summed E-state index contributed by atoms with van der Waals surface area (Å²) in [4.78, 5) is 8.75. The molecule has 3 aromatic heterocycles. The van der Waals surface area contributed by atoms with E-state index in [1.54, 1.807) is 23.3 Å². The molecule has 0 unspecified atom stereocenters. The molecule has 0 atom stereocenters. The lowest BCUT2D eigenvalue weighted by molar-refractivity contribution is 0.687. The Balaban J connectivity index is 1.52. The number of halogens is 1. The second kappa shape index (κ2) is 7.08. The van der Waals surface area contributed by atoms with Gasteiger partial charge in [-0.15, -0.1) is 0 Å². The minimum Gasteiger partial charge on any atom is -0.399 e. The standard InChI is InChI=1S/C18H17ClN8/c1-26-16(6-7-22-26)17-15(19)9-21-18(25-17)24-14-8-23-27(11-14)10-12-2-4-13(20)5-3-12/h2-9,11H,10,20H2,1H3,(H,21,24,25). The number of nitrogens with one attached hydrogen (secondary N) is 1. The zero-order valence-corrected chi connectivity index (χ0v) is 15.3. The Labute approximate surface area is 160 Å². The van der Waals surface area contributed by atoms with Gasteiger partial charge in [-0.3, -0.25) is 9.36 Å². The summed E-state index contributed by atoms with van der Waals surface area (Å²) in [5.41, 5.74) is 9.77. The van der Waals surface area contributed by atoms with Gasteiger partial charge in [0.15, 0.2) is 0 Å². The number of rotatable bonds is 5. The lowest BCUT2D eigenvalue weighted by Crippen LogP contribution is -2.02. The van der Waals surface area contributed by atoms with Crippen molar-refractivity contribution in [1.82, 2.24) is 29.5 Å². The highest BCUT2D eigenvalue weighted by Gasteiger charge is 2.12. The van der Waals surface area contributed by atoms with Crippen molar-refractivity contribution in [2.75, 3.05) is 11.1 Å². The highest BCUT2D eigenvalue weighted by atomic mass is 35.5. The van der Waals surface area contributed by atoms with Crippen LogP contribution in [0.25, 0.3) is 11.4 Å². The minimum absolute atomic E-state index is 0.433. The van der Waals surface area contributed by atoms with Gasteiger partial charge in [-0.1, -0.05) is 23.7 Å². The van der Waals surface area contributed by atoms with Crippen molar-refractivity contribution < 1.29 is 0 Å². The molecule has 1 aromatic carbocycles. The molecule has 27 heavy (non-hydrogen) atoms. The van der Waals surface area contributed by atoms with Gasteiger partial charge in [0.25, 0.3) is 0 Å². The molecular weight excluding hydrogens is 364 g/mol. The summed E-state index contributed by atoms with van der Waals surface area (Å²) >= 11 is 6.25. The van der Waals surface area contributed by atoms with Crippen LogP contribution in [0.4, 0.5) is 17.3 Å². The molecule has 0 saturated carbocycles.